The van der Waals surface area contributed by atoms with Gasteiger partial charge in [-0.15, -0.1) is 0 Å². The minimum Gasteiger partial charge on any atom is -0.481 e. The molecule has 0 bridgehead atoms. The van der Waals surface area contributed by atoms with Crippen LogP contribution in [0.15, 0.2) is 40.9 Å². The normalized spacial score (nSPS) is 17.8. The number of carboxylic acids is 2. The van der Waals surface area contributed by atoms with Crippen LogP contribution in [0.3, 0.4) is 0 Å². The standard InChI is InChI=1S/C16H21NO3.C7H4BrFO2/c1-10-7-11(2)9-12(8-10)17-15(18)13-5-3-4-6-14(13)16(19)20;8-6-2-1-4(9)3-5(6)7(10)11/h7-9,13-14H,3-6H2,1-2H3,(H,17,18)(H,19,20);1-3H,(H,10,11). The van der Waals surface area contributed by atoms with E-state index in [0.29, 0.717) is 17.3 Å². The molecule has 1 fully saturated rings. The molecule has 0 heterocycles. The number of hydrogen-bond acceptors (Lipinski definition) is 3. The number of nitrogens with one attached hydrogen (secondary N) is 1. The van der Waals surface area contributed by atoms with Crippen LogP contribution in [0.4, 0.5) is 10.1 Å². The molecule has 0 saturated heterocycles. The third-order valence-corrected chi connectivity index (χ3v) is 5.76. The van der Waals surface area contributed by atoms with Gasteiger partial charge in [-0.3, -0.25) is 9.59 Å². The smallest absolute Gasteiger partial charge is 0.336 e. The lowest BCUT2D eigenvalue weighted by atomic mass is 9.78. The fraction of sp³-hybridized carbons (Fsp3) is 0.348. The lowest BCUT2D eigenvalue weighted by Gasteiger charge is -2.27. The molecule has 31 heavy (non-hydrogen) atoms. The molecular formula is C23H25BrFNO5. The second kappa shape index (κ2) is 11.0. The summed E-state index contributed by atoms with van der Waals surface area (Å²) in [5, 5.41) is 20.6. The molecule has 2 atom stereocenters. The Labute approximate surface area is 188 Å². The topological polar surface area (TPSA) is 104 Å². The summed E-state index contributed by atoms with van der Waals surface area (Å²) in [5.74, 6) is -3.67. The van der Waals surface area contributed by atoms with Crippen molar-refractivity contribution in [2.45, 2.75) is 39.5 Å². The van der Waals surface area contributed by atoms with Crippen molar-refractivity contribution in [1.29, 1.82) is 0 Å². The Morgan fingerprint density at radius 1 is 0.968 bits per heavy atom. The summed E-state index contributed by atoms with van der Waals surface area (Å²) >= 11 is 2.98. The summed E-state index contributed by atoms with van der Waals surface area (Å²) in [6.07, 6.45) is 3.08. The number of anilines is 1. The van der Waals surface area contributed by atoms with Crippen LogP contribution in [0.2, 0.25) is 0 Å². The molecule has 2 aromatic carbocycles. The Kier molecular flexibility index (Phi) is 8.74. The number of hydrogen-bond donors (Lipinski definition) is 3. The van der Waals surface area contributed by atoms with E-state index in [9.17, 15) is 23.9 Å². The maximum atomic E-state index is 12.4. The van der Waals surface area contributed by atoms with E-state index in [1.165, 1.54) is 12.1 Å². The first kappa shape index (κ1) is 24.5. The van der Waals surface area contributed by atoms with Crippen LogP contribution in [0, 0.1) is 31.5 Å². The molecule has 1 aliphatic carbocycles. The van der Waals surface area contributed by atoms with E-state index in [1.54, 1.807) is 0 Å². The number of amides is 1. The molecule has 1 aliphatic rings. The predicted molar refractivity (Wildman–Crippen MR) is 119 cm³/mol. The number of carbonyl (C=O) groups is 3. The van der Waals surface area contributed by atoms with Crippen LogP contribution in [-0.4, -0.2) is 28.1 Å². The quantitative estimate of drug-likeness (QED) is 0.527. The van der Waals surface area contributed by atoms with E-state index in [4.69, 9.17) is 5.11 Å². The number of aryl methyl sites for hydroxylation is 2. The highest BCUT2D eigenvalue weighted by Gasteiger charge is 2.35. The SMILES string of the molecule is Cc1cc(C)cc(NC(=O)C2CCCCC2C(=O)O)c1.O=C(O)c1cc(F)ccc1Br. The summed E-state index contributed by atoms with van der Waals surface area (Å²) < 4.78 is 12.8. The Balaban J connectivity index is 0.000000262. The van der Waals surface area contributed by atoms with E-state index < -0.39 is 29.6 Å². The van der Waals surface area contributed by atoms with Crippen molar-refractivity contribution in [3.63, 3.8) is 0 Å². The van der Waals surface area contributed by atoms with Crippen molar-refractivity contribution in [3.05, 3.63) is 63.4 Å². The molecule has 0 spiro atoms. The van der Waals surface area contributed by atoms with E-state index in [0.717, 1.165) is 35.7 Å². The van der Waals surface area contributed by atoms with Gasteiger partial charge in [-0.25, -0.2) is 9.18 Å². The van der Waals surface area contributed by atoms with Crippen LogP contribution in [0.25, 0.3) is 0 Å². The summed E-state index contributed by atoms with van der Waals surface area (Å²) in [6, 6.07) is 9.37. The molecule has 166 valence electrons. The van der Waals surface area contributed by atoms with E-state index in [2.05, 4.69) is 21.2 Å². The first-order valence-electron chi connectivity index (χ1n) is 9.88. The van der Waals surface area contributed by atoms with Gasteiger partial charge in [-0.1, -0.05) is 18.9 Å². The maximum absolute atomic E-state index is 12.4. The molecule has 8 heteroatoms. The monoisotopic (exact) mass is 493 g/mol. The molecule has 3 N–H and O–H groups in total. The Morgan fingerprint density at radius 3 is 2.06 bits per heavy atom. The number of aromatic carboxylic acids is 1. The van der Waals surface area contributed by atoms with Gasteiger partial charge < -0.3 is 15.5 Å². The number of aliphatic carboxylic acids is 1. The molecular weight excluding hydrogens is 469 g/mol. The molecule has 1 amide bonds. The summed E-state index contributed by atoms with van der Waals surface area (Å²) in [5.41, 5.74) is 2.85. The van der Waals surface area contributed by atoms with Gasteiger partial charge in [-0.2, -0.15) is 0 Å². The molecule has 2 aromatic rings. The van der Waals surface area contributed by atoms with Gasteiger partial charge in [-0.05, 0) is 84.1 Å². The van der Waals surface area contributed by atoms with E-state index in [1.807, 2.05) is 32.0 Å². The second-order valence-electron chi connectivity index (χ2n) is 7.63. The highest BCUT2D eigenvalue weighted by Crippen LogP contribution is 2.31. The van der Waals surface area contributed by atoms with Crippen molar-refractivity contribution in [2.24, 2.45) is 11.8 Å². The fourth-order valence-corrected chi connectivity index (χ4v) is 4.10. The Morgan fingerprint density at radius 2 is 1.55 bits per heavy atom. The molecule has 0 aliphatic heterocycles. The fourth-order valence-electron chi connectivity index (χ4n) is 3.68. The van der Waals surface area contributed by atoms with Gasteiger partial charge in [0.1, 0.15) is 5.82 Å². The zero-order valence-electron chi connectivity index (χ0n) is 17.3. The lowest BCUT2D eigenvalue weighted by Crippen LogP contribution is -2.36. The first-order valence-corrected chi connectivity index (χ1v) is 10.7. The third kappa shape index (κ3) is 7.17. The largest absolute Gasteiger partial charge is 0.481 e. The number of benzene rings is 2. The zero-order chi connectivity index (χ0) is 23.1. The van der Waals surface area contributed by atoms with Gasteiger partial charge >= 0.3 is 11.9 Å². The van der Waals surface area contributed by atoms with Gasteiger partial charge in [0.05, 0.1) is 17.4 Å². The lowest BCUT2D eigenvalue weighted by molar-refractivity contribution is -0.147. The van der Waals surface area contributed by atoms with Crippen molar-refractivity contribution in [3.8, 4) is 0 Å². The molecule has 6 nitrogen and oxygen atoms in total. The number of carboxylic acid groups (broad SMARTS) is 2. The first-order chi connectivity index (χ1) is 14.6. The minimum atomic E-state index is -1.14. The zero-order valence-corrected chi connectivity index (χ0v) is 18.9. The molecule has 0 aromatic heterocycles. The van der Waals surface area contributed by atoms with Gasteiger partial charge in [0.25, 0.3) is 0 Å². The molecule has 0 radical (unpaired) electrons. The Hall–Kier alpha value is -2.74. The highest BCUT2D eigenvalue weighted by atomic mass is 79.9. The average Bonchev–Trinajstić information content (AvgIpc) is 2.69. The van der Waals surface area contributed by atoms with Gasteiger partial charge in [0.2, 0.25) is 5.91 Å². The van der Waals surface area contributed by atoms with Crippen molar-refractivity contribution < 1.29 is 29.0 Å². The summed E-state index contributed by atoms with van der Waals surface area (Å²) in [6.45, 7) is 3.95. The second-order valence-corrected chi connectivity index (χ2v) is 8.48. The van der Waals surface area contributed by atoms with Crippen LogP contribution in [0.5, 0.6) is 0 Å². The summed E-state index contributed by atoms with van der Waals surface area (Å²) in [4.78, 5) is 34.0. The maximum Gasteiger partial charge on any atom is 0.336 e. The third-order valence-electron chi connectivity index (χ3n) is 5.07. The van der Waals surface area contributed by atoms with Crippen molar-refractivity contribution in [1.82, 2.24) is 0 Å². The number of carbonyl (C=O) groups excluding carboxylic acids is 1. The number of halogens is 2. The molecule has 1 saturated carbocycles. The van der Waals surface area contributed by atoms with Crippen LogP contribution in [0.1, 0.15) is 47.2 Å². The van der Waals surface area contributed by atoms with Crippen molar-refractivity contribution in [2.75, 3.05) is 5.32 Å². The summed E-state index contributed by atoms with van der Waals surface area (Å²) in [7, 11) is 0. The molecule has 3 rings (SSSR count). The Bertz CT molecular complexity index is 958. The van der Waals surface area contributed by atoms with Crippen LogP contribution in [-0.2, 0) is 9.59 Å². The van der Waals surface area contributed by atoms with Gasteiger partial charge in [0.15, 0.2) is 0 Å². The number of rotatable bonds is 4. The van der Waals surface area contributed by atoms with Crippen LogP contribution < -0.4 is 5.32 Å². The highest BCUT2D eigenvalue weighted by molar-refractivity contribution is 9.10. The minimum absolute atomic E-state index is 0.0648. The average molecular weight is 494 g/mol. The van der Waals surface area contributed by atoms with Gasteiger partial charge in [0, 0.05) is 10.2 Å². The van der Waals surface area contributed by atoms with E-state index in [-0.39, 0.29) is 11.5 Å². The van der Waals surface area contributed by atoms with Crippen LogP contribution >= 0.6 is 15.9 Å². The van der Waals surface area contributed by atoms with Crippen molar-refractivity contribution >= 4 is 39.5 Å². The van der Waals surface area contributed by atoms with E-state index >= 15 is 0 Å². The predicted octanol–water partition coefficient (Wildman–Crippen LogP) is 5.42. The molecule has 2 unspecified atom stereocenters.